The third-order valence-corrected chi connectivity index (χ3v) is 10.0. The predicted octanol–water partition coefficient (Wildman–Crippen LogP) is 9.81. The first-order valence-corrected chi connectivity index (χ1v) is 15.5. The van der Waals surface area contributed by atoms with Crippen LogP contribution in [0.4, 0.5) is 0 Å². The Balaban J connectivity index is 1.47. The van der Waals surface area contributed by atoms with Crippen LogP contribution in [0.25, 0.3) is 36.3 Å². The van der Waals surface area contributed by atoms with Crippen LogP contribution in [0.2, 0.25) is 0 Å². The molecule has 2 aromatic heterocycles. The molecule has 6 aromatic rings. The lowest BCUT2D eigenvalue weighted by Crippen LogP contribution is -2.34. The number of methoxy groups -OCH3 is 2. The van der Waals surface area contributed by atoms with Crippen LogP contribution >= 0.6 is 22.7 Å². The van der Waals surface area contributed by atoms with Gasteiger partial charge in [-0.05, 0) is 65.1 Å². The van der Waals surface area contributed by atoms with Gasteiger partial charge in [0.05, 0.1) is 30.2 Å². The molecular weight excluding hydrogens is 549 g/mol. The average molecular weight is 579 g/mol. The zero-order chi connectivity index (χ0) is 28.0. The Morgan fingerprint density at radius 2 is 1.56 bits per heavy atom. The van der Waals surface area contributed by atoms with Crippen LogP contribution < -0.4 is 18.9 Å². The van der Waals surface area contributed by atoms with Gasteiger partial charge in [0.15, 0.2) is 17.1 Å². The molecule has 0 bridgehead atoms. The minimum absolute atomic E-state index is 0.700. The van der Waals surface area contributed by atoms with E-state index >= 15 is 0 Å². The fourth-order valence-corrected chi connectivity index (χ4v) is 8.12. The fraction of sp³-hybridized carbons (Fsp3) is 0.200. The Hall–Kier alpha value is -4.00. The topological polar surface area (TPSA) is 36.9 Å². The molecular formula is C35H30O4S2. The molecule has 1 unspecified atom stereocenters. The molecule has 0 saturated carbocycles. The number of unbranched alkanes of at least 4 members (excludes halogenated alkanes) is 1. The van der Waals surface area contributed by atoms with Gasteiger partial charge in [-0.3, -0.25) is 0 Å². The maximum atomic E-state index is 7.30. The zero-order valence-corrected chi connectivity index (χ0v) is 24.9. The van der Waals surface area contributed by atoms with E-state index in [1.165, 1.54) is 14.8 Å². The summed E-state index contributed by atoms with van der Waals surface area (Å²) in [5.41, 5.74) is 2.37. The van der Waals surface area contributed by atoms with E-state index in [0.717, 1.165) is 68.9 Å². The number of rotatable bonds is 8. The summed E-state index contributed by atoms with van der Waals surface area (Å²) >= 11 is 3.55. The Kier molecular flexibility index (Phi) is 6.60. The van der Waals surface area contributed by atoms with E-state index in [-0.39, 0.29) is 0 Å². The molecule has 3 heterocycles. The number of fused-ring (bicyclic) bond motifs is 8. The molecule has 1 atom stereocenters. The lowest BCUT2D eigenvalue weighted by molar-refractivity contribution is 0.164. The van der Waals surface area contributed by atoms with E-state index in [1.54, 1.807) is 36.9 Å². The van der Waals surface area contributed by atoms with E-state index in [1.807, 2.05) is 6.07 Å². The minimum atomic E-state index is -0.801. The number of hydrogen-bond acceptors (Lipinski definition) is 6. The van der Waals surface area contributed by atoms with Crippen molar-refractivity contribution in [2.75, 3.05) is 20.8 Å². The van der Waals surface area contributed by atoms with E-state index in [9.17, 15) is 0 Å². The SMILES string of the molecule is CCCCOc1ccc(C2(c3ccccc3)C=Cc3c(c4sc5ccsc5c4c4cc(OC)c(OC)cc34)O2)cc1. The summed E-state index contributed by atoms with van der Waals surface area (Å²) in [6.07, 6.45) is 6.56. The first kappa shape index (κ1) is 25.9. The molecule has 0 aliphatic carbocycles. The summed E-state index contributed by atoms with van der Waals surface area (Å²) in [5, 5.41) is 5.58. The number of benzene rings is 4. The molecule has 1 aliphatic rings. The van der Waals surface area contributed by atoms with Crippen LogP contribution in [0.1, 0.15) is 36.5 Å². The summed E-state index contributed by atoms with van der Waals surface area (Å²) in [7, 11) is 3.37. The highest BCUT2D eigenvalue weighted by atomic mass is 32.1. The van der Waals surface area contributed by atoms with Crippen molar-refractivity contribution in [3.05, 3.63) is 101 Å². The molecule has 206 valence electrons. The molecule has 41 heavy (non-hydrogen) atoms. The van der Waals surface area contributed by atoms with Crippen LogP contribution in [0.3, 0.4) is 0 Å². The van der Waals surface area contributed by atoms with Gasteiger partial charge in [-0.1, -0.05) is 55.8 Å². The summed E-state index contributed by atoms with van der Waals surface area (Å²) in [6, 6.07) is 25.2. The first-order valence-electron chi connectivity index (χ1n) is 13.9. The van der Waals surface area contributed by atoms with Gasteiger partial charge in [0, 0.05) is 26.8 Å². The Bertz CT molecular complexity index is 1900. The molecule has 0 N–H and O–H groups in total. The lowest BCUT2D eigenvalue weighted by Gasteiger charge is -2.37. The quantitative estimate of drug-likeness (QED) is 0.168. The fourth-order valence-electron chi connectivity index (χ4n) is 5.74. The van der Waals surface area contributed by atoms with Gasteiger partial charge in [0.1, 0.15) is 11.5 Å². The second-order valence-electron chi connectivity index (χ2n) is 10.2. The van der Waals surface area contributed by atoms with Crippen LogP contribution in [0, 0.1) is 0 Å². The third kappa shape index (κ3) is 4.16. The molecule has 4 aromatic carbocycles. The Morgan fingerprint density at radius 1 is 0.829 bits per heavy atom. The second-order valence-corrected chi connectivity index (χ2v) is 12.1. The first-order chi connectivity index (χ1) is 20.2. The van der Waals surface area contributed by atoms with E-state index in [2.05, 4.69) is 91.2 Å². The highest BCUT2D eigenvalue weighted by molar-refractivity contribution is 7.32. The Labute approximate surface area is 247 Å². The van der Waals surface area contributed by atoms with E-state index < -0.39 is 5.60 Å². The molecule has 0 saturated heterocycles. The molecule has 1 aliphatic heterocycles. The van der Waals surface area contributed by atoms with Gasteiger partial charge in [0.25, 0.3) is 0 Å². The second kappa shape index (κ2) is 10.4. The largest absolute Gasteiger partial charge is 0.494 e. The van der Waals surface area contributed by atoms with Crippen LogP contribution in [0.5, 0.6) is 23.0 Å². The maximum absolute atomic E-state index is 7.30. The van der Waals surface area contributed by atoms with Crippen LogP contribution in [0.15, 0.2) is 84.3 Å². The van der Waals surface area contributed by atoms with Crippen molar-refractivity contribution in [3.8, 4) is 23.0 Å². The number of thiophene rings is 2. The molecule has 0 fully saturated rings. The highest BCUT2D eigenvalue weighted by Gasteiger charge is 2.39. The van der Waals surface area contributed by atoms with Crippen LogP contribution in [-0.2, 0) is 5.60 Å². The highest BCUT2D eigenvalue weighted by Crippen LogP contribution is 2.54. The molecule has 7 rings (SSSR count). The van der Waals surface area contributed by atoms with Gasteiger partial charge < -0.3 is 18.9 Å². The smallest absolute Gasteiger partial charge is 0.178 e. The molecule has 0 spiro atoms. The van der Waals surface area contributed by atoms with Crippen molar-refractivity contribution >= 4 is 59.0 Å². The molecule has 4 nitrogen and oxygen atoms in total. The van der Waals surface area contributed by atoms with E-state index in [4.69, 9.17) is 18.9 Å². The van der Waals surface area contributed by atoms with Gasteiger partial charge in [-0.15, -0.1) is 22.7 Å². The average Bonchev–Trinajstić information content (AvgIpc) is 3.63. The normalized spacial score (nSPS) is 16.2. The molecule has 6 heteroatoms. The number of hydrogen-bond donors (Lipinski definition) is 0. The van der Waals surface area contributed by atoms with E-state index in [0.29, 0.717) is 5.75 Å². The van der Waals surface area contributed by atoms with Crippen molar-refractivity contribution < 1.29 is 18.9 Å². The Morgan fingerprint density at radius 3 is 2.29 bits per heavy atom. The van der Waals surface area contributed by atoms with Crippen molar-refractivity contribution in [3.63, 3.8) is 0 Å². The summed E-state index contributed by atoms with van der Waals surface area (Å²) < 4.78 is 28.4. The van der Waals surface area contributed by atoms with Crippen molar-refractivity contribution in [1.82, 2.24) is 0 Å². The summed E-state index contributed by atoms with van der Waals surface area (Å²) in [4.78, 5) is 0. The van der Waals surface area contributed by atoms with Gasteiger partial charge in [-0.25, -0.2) is 0 Å². The standard InChI is InChI=1S/C35H30O4S2/c1-4-5-18-38-24-13-11-23(12-14-24)35(22-9-7-6-8-10-22)17-15-25-26-20-28(36-2)29(37-3)21-27(26)31-33-30(16-19-40-33)41-34(31)32(25)39-35/h6-17,19-21H,4-5,18H2,1-3H3. The van der Waals surface area contributed by atoms with Crippen molar-refractivity contribution in [1.29, 1.82) is 0 Å². The van der Waals surface area contributed by atoms with Crippen molar-refractivity contribution in [2.45, 2.75) is 25.4 Å². The summed E-state index contributed by atoms with van der Waals surface area (Å²) in [5.74, 6) is 3.19. The van der Waals surface area contributed by atoms with Gasteiger partial charge in [0.2, 0.25) is 0 Å². The van der Waals surface area contributed by atoms with Gasteiger partial charge in [-0.2, -0.15) is 0 Å². The lowest BCUT2D eigenvalue weighted by atomic mass is 9.83. The van der Waals surface area contributed by atoms with Crippen molar-refractivity contribution in [2.24, 2.45) is 0 Å². The monoisotopic (exact) mass is 578 g/mol. The zero-order valence-electron chi connectivity index (χ0n) is 23.2. The number of ether oxygens (including phenoxy) is 4. The third-order valence-electron chi connectivity index (χ3n) is 7.83. The summed E-state index contributed by atoms with van der Waals surface area (Å²) in [6.45, 7) is 2.89. The van der Waals surface area contributed by atoms with Gasteiger partial charge >= 0.3 is 0 Å². The van der Waals surface area contributed by atoms with Crippen LogP contribution in [-0.4, -0.2) is 20.8 Å². The molecule has 0 amide bonds. The maximum Gasteiger partial charge on any atom is 0.178 e. The predicted molar refractivity (Wildman–Crippen MR) is 172 cm³/mol. The minimum Gasteiger partial charge on any atom is -0.494 e. The molecule has 0 radical (unpaired) electrons.